The summed E-state index contributed by atoms with van der Waals surface area (Å²) in [6.45, 7) is -0.0159. The van der Waals surface area contributed by atoms with Gasteiger partial charge in [0, 0.05) is 19.3 Å². The molecule has 0 aliphatic carbocycles. The number of nitrogens with one attached hydrogen (secondary N) is 2. The second kappa shape index (κ2) is 6.64. The van der Waals surface area contributed by atoms with Gasteiger partial charge in [-0.1, -0.05) is 0 Å². The Bertz CT molecular complexity index is 587. The summed E-state index contributed by atoms with van der Waals surface area (Å²) in [6, 6.07) is 3.49. The number of methoxy groups -OCH3 is 1. The first kappa shape index (κ1) is 16.3. The molecule has 1 rings (SSSR count). The molecule has 0 bridgehead atoms. The zero-order valence-corrected chi connectivity index (χ0v) is 11.8. The first-order valence-electron chi connectivity index (χ1n) is 5.58. The van der Waals surface area contributed by atoms with Crippen LogP contribution in [0.3, 0.4) is 0 Å². The maximum Gasteiger partial charge on any atom is 0.254 e. The molecule has 0 radical (unpaired) electrons. The van der Waals surface area contributed by atoms with Gasteiger partial charge in [0.05, 0.1) is 11.9 Å². The molecule has 9 heteroatoms. The molecule has 0 aliphatic heterocycles. The highest BCUT2D eigenvalue weighted by molar-refractivity contribution is 7.92. The van der Waals surface area contributed by atoms with E-state index in [0.29, 0.717) is 0 Å². The van der Waals surface area contributed by atoms with Crippen molar-refractivity contribution >= 4 is 27.3 Å². The average Bonchev–Trinajstić information content (AvgIpc) is 2.33. The molecule has 0 heterocycles. The van der Waals surface area contributed by atoms with E-state index in [-0.39, 0.29) is 17.9 Å². The van der Waals surface area contributed by atoms with E-state index in [9.17, 15) is 17.6 Å². The lowest BCUT2D eigenvalue weighted by atomic mass is 10.2. The molecule has 112 valence electrons. The van der Waals surface area contributed by atoms with Crippen LogP contribution in [0.15, 0.2) is 18.2 Å². The number of sulfonamides is 1. The van der Waals surface area contributed by atoms with Crippen LogP contribution in [0.1, 0.15) is 0 Å². The molecule has 1 atom stereocenters. The molecule has 0 saturated heterocycles. The Labute approximate surface area is 116 Å². The molecule has 0 saturated carbocycles. The van der Waals surface area contributed by atoms with E-state index in [1.807, 2.05) is 4.72 Å². The van der Waals surface area contributed by atoms with Gasteiger partial charge >= 0.3 is 0 Å². The van der Waals surface area contributed by atoms with Crippen molar-refractivity contribution in [1.82, 2.24) is 0 Å². The van der Waals surface area contributed by atoms with E-state index in [1.165, 1.54) is 13.2 Å². The van der Waals surface area contributed by atoms with Crippen LogP contribution in [0.2, 0.25) is 0 Å². The van der Waals surface area contributed by atoms with E-state index in [2.05, 4.69) is 5.32 Å². The minimum Gasteiger partial charge on any atom is -0.370 e. The van der Waals surface area contributed by atoms with Crippen molar-refractivity contribution in [3.8, 4) is 0 Å². The Morgan fingerprint density at radius 3 is 2.65 bits per heavy atom. The number of halogens is 1. The smallest absolute Gasteiger partial charge is 0.254 e. The number of carbonyl (C=O) groups is 1. The summed E-state index contributed by atoms with van der Waals surface area (Å²) in [5, 5.41) is 2.45. The molecule has 1 amide bonds. The number of hydrogen-bond donors (Lipinski definition) is 3. The Hall–Kier alpha value is -1.71. The molecule has 0 aromatic heterocycles. The minimum atomic E-state index is -3.62. The fourth-order valence-corrected chi connectivity index (χ4v) is 1.97. The standard InChI is InChI=1S/C11H16FN3O4S/c1-19-10(6-13)11(16)14-7-3-4-8(12)9(5-7)15-20(2,17)18/h3-5,10,15H,6,13H2,1-2H3,(H,14,16). The van der Waals surface area contributed by atoms with E-state index in [4.69, 9.17) is 10.5 Å². The molecule has 20 heavy (non-hydrogen) atoms. The highest BCUT2D eigenvalue weighted by atomic mass is 32.2. The summed E-state index contributed by atoms with van der Waals surface area (Å²) in [5.74, 6) is -1.26. The Balaban J connectivity index is 2.93. The molecule has 1 aromatic carbocycles. The molecule has 7 nitrogen and oxygen atoms in total. The number of hydrogen-bond acceptors (Lipinski definition) is 5. The predicted octanol–water partition coefficient (Wildman–Crippen LogP) is 0.109. The van der Waals surface area contributed by atoms with Gasteiger partial charge in [-0.3, -0.25) is 9.52 Å². The minimum absolute atomic E-state index is 0.0159. The van der Waals surface area contributed by atoms with Gasteiger partial charge in [0.15, 0.2) is 0 Å². The lowest BCUT2D eigenvalue weighted by Gasteiger charge is -2.14. The number of amides is 1. The van der Waals surface area contributed by atoms with Crippen molar-refractivity contribution in [3.05, 3.63) is 24.0 Å². The topological polar surface area (TPSA) is 111 Å². The SMILES string of the molecule is COC(CN)C(=O)Nc1ccc(F)c(NS(C)(=O)=O)c1. The summed E-state index contributed by atoms with van der Waals surface area (Å²) < 4.78 is 42.5. The number of benzene rings is 1. The van der Waals surface area contributed by atoms with Crippen molar-refractivity contribution in [2.24, 2.45) is 5.73 Å². The van der Waals surface area contributed by atoms with Crippen LogP contribution in [0.25, 0.3) is 0 Å². The van der Waals surface area contributed by atoms with Crippen LogP contribution in [-0.4, -0.2) is 40.3 Å². The maximum atomic E-state index is 13.4. The van der Waals surface area contributed by atoms with Crippen molar-refractivity contribution in [1.29, 1.82) is 0 Å². The Morgan fingerprint density at radius 1 is 1.50 bits per heavy atom. The molecular weight excluding hydrogens is 289 g/mol. The second-order valence-corrected chi connectivity index (χ2v) is 5.77. The van der Waals surface area contributed by atoms with Crippen LogP contribution in [0.4, 0.5) is 15.8 Å². The van der Waals surface area contributed by atoms with Crippen LogP contribution < -0.4 is 15.8 Å². The molecule has 0 aliphatic rings. The molecular formula is C11H16FN3O4S. The van der Waals surface area contributed by atoms with Gasteiger partial charge in [0.1, 0.15) is 11.9 Å². The monoisotopic (exact) mass is 305 g/mol. The molecule has 0 spiro atoms. The highest BCUT2D eigenvalue weighted by Gasteiger charge is 2.16. The van der Waals surface area contributed by atoms with Crippen molar-refractivity contribution in [2.45, 2.75) is 6.10 Å². The number of rotatable bonds is 6. The van der Waals surface area contributed by atoms with Crippen LogP contribution in [0.5, 0.6) is 0 Å². The third kappa shape index (κ3) is 4.76. The van der Waals surface area contributed by atoms with E-state index >= 15 is 0 Å². The fraction of sp³-hybridized carbons (Fsp3) is 0.364. The first-order chi connectivity index (χ1) is 9.26. The zero-order valence-electron chi connectivity index (χ0n) is 11.0. The van der Waals surface area contributed by atoms with E-state index in [1.54, 1.807) is 0 Å². The summed E-state index contributed by atoms with van der Waals surface area (Å²) in [4.78, 5) is 11.7. The Kier molecular flexibility index (Phi) is 5.43. The van der Waals surface area contributed by atoms with Crippen molar-refractivity contribution in [2.75, 3.05) is 29.9 Å². The van der Waals surface area contributed by atoms with Crippen molar-refractivity contribution in [3.63, 3.8) is 0 Å². The quantitative estimate of drug-likeness (QED) is 0.691. The summed E-state index contributed by atoms with van der Waals surface area (Å²) >= 11 is 0. The number of ether oxygens (including phenoxy) is 1. The number of nitrogens with two attached hydrogens (primary N) is 1. The van der Waals surface area contributed by atoms with E-state index < -0.39 is 27.9 Å². The number of carbonyl (C=O) groups excluding carboxylic acids is 1. The molecule has 1 unspecified atom stereocenters. The van der Waals surface area contributed by atoms with Crippen LogP contribution >= 0.6 is 0 Å². The first-order valence-corrected chi connectivity index (χ1v) is 7.47. The molecule has 4 N–H and O–H groups in total. The largest absolute Gasteiger partial charge is 0.370 e. The fourth-order valence-electron chi connectivity index (χ4n) is 1.41. The lowest BCUT2D eigenvalue weighted by Crippen LogP contribution is -2.35. The highest BCUT2D eigenvalue weighted by Crippen LogP contribution is 2.20. The Morgan fingerprint density at radius 2 is 2.15 bits per heavy atom. The van der Waals surface area contributed by atoms with Gasteiger partial charge in [-0.05, 0) is 18.2 Å². The van der Waals surface area contributed by atoms with Crippen molar-refractivity contribution < 1.29 is 22.3 Å². The molecule has 0 fully saturated rings. The maximum absolute atomic E-state index is 13.4. The van der Waals surface area contributed by atoms with Crippen LogP contribution in [-0.2, 0) is 19.6 Å². The third-order valence-corrected chi connectivity index (χ3v) is 2.91. The van der Waals surface area contributed by atoms with Gasteiger partial charge in [0.2, 0.25) is 10.0 Å². The average molecular weight is 305 g/mol. The van der Waals surface area contributed by atoms with Gasteiger partial charge in [0.25, 0.3) is 5.91 Å². The summed E-state index contributed by atoms with van der Waals surface area (Å²) in [6.07, 6.45) is 0.0546. The predicted molar refractivity (Wildman–Crippen MR) is 73.3 cm³/mol. The second-order valence-electron chi connectivity index (χ2n) is 4.02. The van der Waals surface area contributed by atoms with Gasteiger partial charge in [-0.25, -0.2) is 12.8 Å². The van der Waals surface area contributed by atoms with E-state index in [0.717, 1.165) is 18.4 Å². The normalized spacial score (nSPS) is 12.8. The lowest BCUT2D eigenvalue weighted by molar-refractivity contribution is -0.125. The zero-order chi connectivity index (χ0) is 15.3. The van der Waals surface area contributed by atoms with Gasteiger partial charge in [-0.2, -0.15) is 0 Å². The number of anilines is 2. The molecule has 1 aromatic rings. The third-order valence-electron chi connectivity index (χ3n) is 2.32. The van der Waals surface area contributed by atoms with Gasteiger partial charge < -0.3 is 15.8 Å². The summed E-state index contributed by atoms with van der Waals surface area (Å²) in [7, 11) is -2.29. The van der Waals surface area contributed by atoms with Crippen LogP contribution in [0, 0.1) is 5.82 Å². The van der Waals surface area contributed by atoms with Gasteiger partial charge in [-0.15, -0.1) is 0 Å². The summed E-state index contributed by atoms with van der Waals surface area (Å²) in [5.41, 5.74) is 5.30.